The standard InChI is InChI=1S/C11H16S/c1-9-6-4-5-7-10(9)8-11(2,3)12/h4-7,12H,8H2,1-3H3/i1D. The first-order valence-electron chi connectivity index (χ1n) is 4.82. The third kappa shape index (κ3) is 2.90. The summed E-state index contributed by atoms with van der Waals surface area (Å²) in [5.74, 6) is 0. The lowest BCUT2D eigenvalue weighted by Crippen LogP contribution is -2.14. The van der Waals surface area contributed by atoms with E-state index in [0.717, 1.165) is 12.0 Å². The molecular weight excluding hydrogens is 164 g/mol. The summed E-state index contributed by atoms with van der Waals surface area (Å²) in [6.07, 6.45) is 0.922. The zero-order valence-corrected chi connectivity index (χ0v) is 8.57. The highest BCUT2D eigenvalue weighted by molar-refractivity contribution is 7.81. The molecule has 0 nitrogen and oxygen atoms in total. The lowest BCUT2D eigenvalue weighted by atomic mass is 9.98. The fraction of sp³-hybridized carbons (Fsp3) is 0.455. The molecule has 0 aliphatic rings. The molecule has 0 radical (unpaired) electrons. The fourth-order valence-corrected chi connectivity index (χ4v) is 1.37. The van der Waals surface area contributed by atoms with Crippen molar-refractivity contribution in [1.29, 1.82) is 0 Å². The van der Waals surface area contributed by atoms with Crippen LogP contribution >= 0.6 is 12.6 Å². The molecule has 0 saturated heterocycles. The van der Waals surface area contributed by atoms with Gasteiger partial charge in [0.2, 0.25) is 0 Å². The van der Waals surface area contributed by atoms with Gasteiger partial charge in [0.1, 0.15) is 0 Å². The summed E-state index contributed by atoms with van der Waals surface area (Å²) >= 11 is 4.49. The van der Waals surface area contributed by atoms with E-state index >= 15 is 0 Å². The monoisotopic (exact) mass is 181 g/mol. The molecule has 0 N–H and O–H groups in total. The number of benzene rings is 1. The molecule has 0 aliphatic carbocycles. The number of rotatable bonds is 2. The first-order valence-corrected chi connectivity index (χ1v) is 4.56. The Labute approximate surface area is 81.8 Å². The molecule has 1 aromatic carbocycles. The van der Waals surface area contributed by atoms with E-state index in [4.69, 9.17) is 1.37 Å². The van der Waals surface area contributed by atoms with Crippen LogP contribution in [-0.2, 0) is 6.42 Å². The van der Waals surface area contributed by atoms with Gasteiger partial charge < -0.3 is 0 Å². The van der Waals surface area contributed by atoms with Crippen molar-refractivity contribution >= 4 is 12.6 Å². The van der Waals surface area contributed by atoms with Crippen LogP contribution in [0, 0.1) is 6.90 Å². The summed E-state index contributed by atoms with van der Waals surface area (Å²) in [6, 6.07) is 8.11. The third-order valence-electron chi connectivity index (χ3n) is 1.74. The summed E-state index contributed by atoms with van der Waals surface area (Å²) in [7, 11) is 0. The maximum absolute atomic E-state index is 7.37. The van der Waals surface area contributed by atoms with Crippen LogP contribution in [0.1, 0.15) is 26.3 Å². The minimum Gasteiger partial charge on any atom is -0.173 e. The first kappa shape index (κ1) is 8.18. The fourth-order valence-electron chi connectivity index (χ4n) is 1.20. The molecule has 1 rings (SSSR count). The van der Waals surface area contributed by atoms with Gasteiger partial charge in [-0.25, -0.2) is 0 Å². The van der Waals surface area contributed by atoms with Crippen molar-refractivity contribution in [3.8, 4) is 0 Å². The van der Waals surface area contributed by atoms with E-state index in [0.29, 0.717) is 6.90 Å². The number of aryl methyl sites for hydroxylation is 1. The van der Waals surface area contributed by atoms with Crippen molar-refractivity contribution in [2.24, 2.45) is 0 Å². The van der Waals surface area contributed by atoms with E-state index < -0.39 is 0 Å². The Morgan fingerprint density at radius 1 is 1.42 bits per heavy atom. The smallest absolute Gasteiger partial charge is 0.0280 e. The predicted molar refractivity (Wildman–Crippen MR) is 57.9 cm³/mol. The number of thiol groups is 1. The van der Waals surface area contributed by atoms with Crippen LogP contribution in [0.4, 0.5) is 0 Å². The largest absolute Gasteiger partial charge is 0.173 e. The average Bonchev–Trinajstić information content (AvgIpc) is 2.02. The number of hydrogen-bond acceptors (Lipinski definition) is 1. The van der Waals surface area contributed by atoms with Gasteiger partial charge in [0.05, 0.1) is 0 Å². The van der Waals surface area contributed by atoms with Crippen molar-refractivity contribution in [2.45, 2.75) is 31.9 Å². The molecule has 0 saturated carbocycles. The zero-order valence-electron chi connectivity index (χ0n) is 8.67. The second-order valence-corrected chi connectivity index (χ2v) is 4.97. The van der Waals surface area contributed by atoms with Crippen LogP contribution in [0.3, 0.4) is 0 Å². The van der Waals surface area contributed by atoms with Gasteiger partial charge in [-0.3, -0.25) is 0 Å². The van der Waals surface area contributed by atoms with Crippen molar-refractivity contribution in [2.75, 3.05) is 0 Å². The predicted octanol–water partition coefficient (Wildman–Crippen LogP) is 3.25. The Morgan fingerprint density at radius 3 is 2.67 bits per heavy atom. The molecule has 0 bridgehead atoms. The van der Waals surface area contributed by atoms with Crippen molar-refractivity contribution in [3.05, 3.63) is 35.4 Å². The molecule has 0 heterocycles. The Kier molecular flexibility index (Phi) is 2.40. The zero-order chi connectivity index (χ0) is 9.90. The molecule has 66 valence electrons. The third-order valence-corrected chi connectivity index (χ3v) is 1.90. The molecule has 1 aromatic rings. The van der Waals surface area contributed by atoms with Gasteiger partial charge in [-0.05, 0) is 24.4 Å². The first-order chi connectivity index (χ1) is 6.03. The summed E-state index contributed by atoms with van der Waals surface area (Å²) in [6.45, 7) is 4.55. The minimum atomic E-state index is 0.00523. The Hall–Kier alpha value is -0.430. The van der Waals surface area contributed by atoms with E-state index in [1.54, 1.807) is 0 Å². The molecule has 0 atom stereocenters. The Balaban J connectivity index is 2.87. The maximum Gasteiger partial charge on any atom is 0.0280 e. The van der Waals surface area contributed by atoms with Crippen LogP contribution in [0.2, 0.25) is 0 Å². The van der Waals surface area contributed by atoms with Gasteiger partial charge in [-0.1, -0.05) is 38.1 Å². The quantitative estimate of drug-likeness (QED) is 0.665. The molecule has 0 unspecified atom stereocenters. The Bertz CT molecular complexity index is 276. The lowest BCUT2D eigenvalue weighted by molar-refractivity contribution is 0.711. The van der Waals surface area contributed by atoms with Gasteiger partial charge in [0, 0.05) is 6.12 Å². The highest BCUT2D eigenvalue weighted by atomic mass is 32.1. The van der Waals surface area contributed by atoms with E-state index in [2.05, 4.69) is 32.5 Å². The normalized spacial score (nSPS) is 12.8. The minimum absolute atomic E-state index is 0.00523. The lowest BCUT2D eigenvalue weighted by Gasteiger charge is -2.18. The van der Waals surface area contributed by atoms with Gasteiger partial charge >= 0.3 is 0 Å². The van der Waals surface area contributed by atoms with Crippen molar-refractivity contribution in [3.63, 3.8) is 0 Å². The van der Waals surface area contributed by atoms with E-state index in [9.17, 15) is 0 Å². The molecule has 12 heavy (non-hydrogen) atoms. The van der Waals surface area contributed by atoms with Crippen molar-refractivity contribution in [1.82, 2.24) is 0 Å². The second-order valence-electron chi connectivity index (χ2n) is 3.76. The molecule has 0 aliphatic heterocycles. The highest BCUT2D eigenvalue weighted by Crippen LogP contribution is 2.20. The average molecular weight is 181 g/mol. The van der Waals surface area contributed by atoms with Crippen molar-refractivity contribution < 1.29 is 1.37 Å². The van der Waals surface area contributed by atoms with E-state index in [-0.39, 0.29) is 4.75 Å². The molecule has 0 aromatic heterocycles. The van der Waals surface area contributed by atoms with E-state index in [1.807, 2.05) is 18.2 Å². The van der Waals surface area contributed by atoms with Crippen LogP contribution < -0.4 is 0 Å². The van der Waals surface area contributed by atoms with Crippen LogP contribution in [0.5, 0.6) is 0 Å². The van der Waals surface area contributed by atoms with Gasteiger partial charge in [0.15, 0.2) is 0 Å². The Morgan fingerprint density at radius 2 is 2.08 bits per heavy atom. The molecule has 0 spiro atoms. The van der Waals surface area contributed by atoms with Gasteiger partial charge in [-0.15, -0.1) is 0 Å². The SMILES string of the molecule is [2H]Cc1ccccc1CC(C)(C)S. The molecule has 0 fully saturated rings. The van der Waals surface area contributed by atoms with Gasteiger partial charge in [0.25, 0.3) is 0 Å². The molecule has 0 amide bonds. The summed E-state index contributed by atoms with van der Waals surface area (Å²) in [5, 5.41) is 0. The summed E-state index contributed by atoms with van der Waals surface area (Å²) < 4.78 is 7.37. The van der Waals surface area contributed by atoms with Crippen LogP contribution in [0.25, 0.3) is 0 Å². The summed E-state index contributed by atoms with van der Waals surface area (Å²) in [5.41, 5.74) is 2.36. The van der Waals surface area contributed by atoms with E-state index in [1.165, 1.54) is 5.56 Å². The highest BCUT2D eigenvalue weighted by Gasteiger charge is 2.12. The van der Waals surface area contributed by atoms with Crippen LogP contribution in [0.15, 0.2) is 24.3 Å². The topological polar surface area (TPSA) is 0 Å². The number of hydrogen-bond donors (Lipinski definition) is 1. The molecular formula is C11H16S. The summed E-state index contributed by atoms with van der Waals surface area (Å²) in [4.78, 5) is 0. The maximum atomic E-state index is 7.37. The van der Waals surface area contributed by atoms with Crippen LogP contribution in [-0.4, -0.2) is 4.75 Å². The van der Waals surface area contributed by atoms with Gasteiger partial charge in [-0.2, -0.15) is 12.6 Å². The second kappa shape index (κ2) is 3.53. The molecule has 1 heteroatoms.